The molecule has 2 N–H and O–H groups in total. The van der Waals surface area contributed by atoms with Gasteiger partial charge < -0.3 is 10.6 Å². The average molecular weight is 228 g/mol. The minimum Gasteiger partial charge on any atom is -0.358 e. The zero-order chi connectivity index (χ0) is 11.1. The van der Waals surface area contributed by atoms with Gasteiger partial charge in [-0.3, -0.25) is 0 Å². The van der Waals surface area contributed by atoms with Crippen LogP contribution in [-0.2, 0) is 6.54 Å². The van der Waals surface area contributed by atoms with Crippen LogP contribution < -0.4 is 10.6 Å². The van der Waals surface area contributed by atoms with E-state index in [0.29, 0.717) is 17.7 Å². The Kier molecular flexibility index (Phi) is 4.49. The van der Waals surface area contributed by atoms with E-state index in [0.717, 1.165) is 5.56 Å². The molecule has 1 aromatic heterocycles. The topological polar surface area (TPSA) is 78.7 Å². The number of pyridine rings is 1. The summed E-state index contributed by atoms with van der Waals surface area (Å²) in [7, 11) is 1.64. The van der Waals surface area contributed by atoms with Crippen LogP contribution in [0, 0.1) is 4.91 Å². The van der Waals surface area contributed by atoms with Crippen LogP contribution in [-0.4, -0.2) is 18.0 Å². The first-order valence-electron chi connectivity index (χ1n) is 4.18. The van der Waals surface area contributed by atoms with Crippen LogP contribution in [0.5, 0.6) is 0 Å². The number of halogens is 1. The van der Waals surface area contributed by atoms with Gasteiger partial charge in [-0.2, -0.15) is 0 Å². The molecule has 0 fully saturated rings. The van der Waals surface area contributed by atoms with Crippen molar-refractivity contribution < 1.29 is 0 Å². The summed E-state index contributed by atoms with van der Waals surface area (Å²) in [5.74, 6) is 0.306. The molecule has 1 aromatic rings. The first kappa shape index (κ1) is 11.4. The molecule has 0 aromatic carbocycles. The van der Waals surface area contributed by atoms with Crippen LogP contribution in [0.4, 0.5) is 0 Å². The third kappa shape index (κ3) is 3.90. The highest BCUT2D eigenvalue weighted by Gasteiger charge is 1.97. The highest BCUT2D eigenvalue weighted by atomic mass is 35.5. The van der Waals surface area contributed by atoms with Crippen molar-refractivity contribution in [3.63, 3.8) is 0 Å². The van der Waals surface area contributed by atoms with E-state index in [2.05, 4.69) is 26.0 Å². The lowest BCUT2D eigenvalue weighted by atomic mass is 10.3. The molecular weight excluding hydrogens is 218 g/mol. The van der Waals surface area contributed by atoms with Crippen LogP contribution in [0.2, 0.25) is 5.15 Å². The van der Waals surface area contributed by atoms with Gasteiger partial charge in [0.2, 0.25) is 5.96 Å². The second kappa shape index (κ2) is 5.92. The van der Waals surface area contributed by atoms with E-state index in [-0.39, 0.29) is 0 Å². The molecule has 0 aliphatic carbocycles. The van der Waals surface area contributed by atoms with Crippen LogP contribution in [0.1, 0.15) is 5.56 Å². The fraction of sp³-hybridized carbons (Fsp3) is 0.250. The number of hydrogen-bond acceptors (Lipinski definition) is 3. The van der Waals surface area contributed by atoms with Crippen molar-refractivity contribution in [2.75, 3.05) is 7.05 Å². The number of rotatable bonds is 3. The largest absolute Gasteiger partial charge is 0.358 e. The van der Waals surface area contributed by atoms with Gasteiger partial charge in [-0.1, -0.05) is 22.8 Å². The van der Waals surface area contributed by atoms with Crippen molar-refractivity contribution >= 4 is 17.6 Å². The Balaban J connectivity index is 2.52. The van der Waals surface area contributed by atoms with Gasteiger partial charge in [0.15, 0.2) is 0 Å². The van der Waals surface area contributed by atoms with E-state index in [4.69, 9.17) is 11.6 Å². The summed E-state index contributed by atoms with van der Waals surface area (Å²) in [5, 5.41) is 11.7. The Morgan fingerprint density at radius 3 is 2.93 bits per heavy atom. The van der Waals surface area contributed by atoms with E-state index in [9.17, 15) is 4.91 Å². The van der Waals surface area contributed by atoms with E-state index in [1.165, 1.54) is 0 Å². The number of aromatic nitrogens is 1. The number of nitroso groups, excluding NO2 is 1. The predicted molar refractivity (Wildman–Crippen MR) is 58.4 cm³/mol. The monoisotopic (exact) mass is 227 g/mol. The quantitative estimate of drug-likeness (QED) is 0.266. The third-order valence-electron chi connectivity index (χ3n) is 1.63. The molecule has 0 saturated heterocycles. The Bertz CT molecular complexity index is 351. The van der Waals surface area contributed by atoms with Crippen molar-refractivity contribution in [1.29, 1.82) is 0 Å². The summed E-state index contributed by atoms with van der Waals surface area (Å²) in [6, 6.07) is 3.51. The zero-order valence-electron chi connectivity index (χ0n) is 8.07. The summed E-state index contributed by atoms with van der Waals surface area (Å²) < 4.78 is 0. The molecule has 0 atom stereocenters. The van der Waals surface area contributed by atoms with E-state index in [1.54, 1.807) is 19.3 Å². The smallest absolute Gasteiger partial charge is 0.219 e. The Morgan fingerprint density at radius 1 is 1.60 bits per heavy atom. The summed E-state index contributed by atoms with van der Waals surface area (Å²) >= 11 is 5.63. The molecule has 6 nitrogen and oxygen atoms in total. The summed E-state index contributed by atoms with van der Waals surface area (Å²) in [6.07, 6.45) is 1.64. The SMILES string of the molecule is CN/C(=N\N=O)NCc1ccc(Cl)nc1. The van der Waals surface area contributed by atoms with Crippen molar-refractivity contribution in [2.24, 2.45) is 10.4 Å². The molecule has 7 heteroatoms. The highest BCUT2D eigenvalue weighted by molar-refractivity contribution is 6.29. The maximum atomic E-state index is 9.88. The average Bonchev–Trinajstić information content (AvgIpc) is 2.26. The lowest BCUT2D eigenvalue weighted by Crippen LogP contribution is -2.33. The molecule has 80 valence electrons. The van der Waals surface area contributed by atoms with Crippen LogP contribution >= 0.6 is 11.6 Å². The zero-order valence-corrected chi connectivity index (χ0v) is 8.82. The predicted octanol–water partition coefficient (Wildman–Crippen LogP) is 1.08. The maximum Gasteiger partial charge on any atom is 0.219 e. The Hall–Kier alpha value is -1.69. The first-order chi connectivity index (χ1) is 7.26. The summed E-state index contributed by atoms with van der Waals surface area (Å²) in [6.45, 7) is 0.485. The molecule has 1 rings (SSSR count). The lowest BCUT2D eigenvalue weighted by molar-refractivity contribution is 0.853. The van der Waals surface area contributed by atoms with Crippen LogP contribution in [0.15, 0.2) is 28.7 Å². The fourth-order valence-corrected chi connectivity index (χ4v) is 1.02. The molecule has 0 unspecified atom stereocenters. The van der Waals surface area contributed by atoms with Crippen LogP contribution in [0.3, 0.4) is 0 Å². The number of nitrogens with zero attached hydrogens (tertiary/aromatic N) is 3. The molecule has 0 aliphatic heterocycles. The first-order valence-corrected chi connectivity index (χ1v) is 4.56. The third-order valence-corrected chi connectivity index (χ3v) is 1.85. The van der Waals surface area contributed by atoms with Gasteiger partial charge in [0.1, 0.15) is 5.15 Å². The van der Waals surface area contributed by atoms with Gasteiger partial charge in [0.25, 0.3) is 0 Å². The van der Waals surface area contributed by atoms with Crippen molar-refractivity contribution in [1.82, 2.24) is 15.6 Å². The minimum atomic E-state index is 0.306. The van der Waals surface area contributed by atoms with Crippen molar-refractivity contribution in [3.05, 3.63) is 34.0 Å². The lowest BCUT2D eigenvalue weighted by Gasteiger charge is -2.06. The number of hydrogen-bond donors (Lipinski definition) is 2. The molecule has 0 bridgehead atoms. The van der Waals surface area contributed by atoms with Gasteiger partial charge in [-0.25, -0.2) is 4.98 Å². The van der Waals surface area contributed by atoms with Gasteiger partial charge in [0.05, 0.1) is 5.29 Å². The molecule has 0 aliphatic rings. The second-order valence-corrected chi connectivity index (χ2v) is 3.01. The number of guanidine groups is 1. The molecule has 0 spiro atoms. The van der Waals surface area contributed by atoms with Gasteiger partial charge in [0, 0.05) is 19.8 Å². The molecule has 15 heavy (non-hydrogen) atoms. The summed E-state index contributed by atoms with van der Waals surface area (Å²) in [5.41, 5.74) is 0.924. The second-order valence-electron chi connectivity index (χ2n) is 2.62. The molecule has 0 radical (unpaired) electrons. The standard InChI is InChI=1S/C8H10ClN5O/c1-10-8(13-14-15)12-5-6-2-3-7(9)11-4-6/h2-4H,5H2,1H3,(H2,10,12,13,15). The highest BCUT2D eigenvalue weighted by Crippen LogP contribution is 2.04. The Morgan fingerprint density at radius 2 is 2.40 bits per heavy atom. The van der Waals surface area contributed by atoms with Crippen LogP contribution in [0.25, 0.3) is 0 Å². The Labute approximate surface area is 91.7 Å². The molecule has 0 saturated carbocycles. The van der Waals surface area contributed by atoms with Gasteiger partial charge in [-0.05, 0) is 11.6 Å². The number of nitrogens with one attached hydrogen (secondary N) is 2. The van der Waals surface area contributed by atoms with E-state index in [1.807, 2.05) is 6.07 Å². The van der Waals surface area contributed by atoms with Gasteiger partial charge >= 0.3 is 0 Å². The molecule has 0 amide bonds. The maximum absolute atomic E-state index is 9.88. The van der Waals surface area contributed by atoms with E-state index >= 15 is 0 Å². The summed E-state index contributed by atoms with van der Waals surface area (Å²) in [4.78, 5) is 13.8. The normalized spacial score (nSPS) is 10.9. The van der Waals surface area contributed by atoms with E-state index < -0.39 is 0 Å². The minimum absolute atomic E-state index is 0.306. The molecule has 1 heterocycles. The fourth-order valence-electron chi connectivity index (χ4n) is 0.911. The van der Waals surface area contributed by atoms with Gasteiger partial charge in [-0.15, -0.1) is 4.91 Å². The van der Waals surface area contributed by atoms with Crippen molar-refractivity contribution in [3.8, 4) is 0 Å². The van der Waals surface area contributed by atoms with Crippen molar-refractivity contribution in [2.45, 2.75) is 6.54 Å². The molecular formula is C8H10ClN5O.